The van der Waals surface area contributed by atoms with Crippen molar-refractivity contribution < 1.29 is 27.0 Å². The van der Waals surface area contributed by atoms with Crippen molar-refractivity contribution in [1.82, 2.24) is 0 Å². The summed E-state index contributed by atoms with van der Waals surface area (Å²) in [5.74, 6) is 0. The van der Waals surface area contributed by atoms with Crippen LogP contribution in [0.5, 0.6) is 0 Å². The lowest BCUT2D eigenvalue weighted by atomic mass is 10.0. The normalized spacial score (nSPS) is 11.3. The molecule has 0 saturated carbocycles. The largest absolute Gasteiger partial charge is 0.399 e. The van der Waals surface area contributed by atoms with E-state index in [2.05, 4.69) is 15.3 Å². The van der Waals surface area contributed by atoms with Crippen molar-refractivity contribution in [2.45, 2.75) is 110 Å². The van der Waals surface area contributed by atoms with Crippen LogP contribution in [0.2, 0.25) is 0 Å². The lowest BCUT2D eigenvalue weighted by Gasteiger charge is -2.02. The Bertz CT molecular complexity index is 345. The molecule has 0 spiro atoms. The number of hydrogen-bond donors (Lipinski definition) is 1. The second kappa shape index (κ2) is 24.8. The number of hydrogen-bond acceptors (Lipinski definition) is 5. The molecule has 0 unspecified atom stereocenters. The van der Waals surface area contributed by atoms with Gasteiger partial charge in [-0.25, -0.2) is 13.5 Å². The third-order valence-corrected chi connectivity index (χ3v) is 5.16. The lowest BCUT2D eigenvalue weighted by molar-refractivity contribution is 0.168. The summed E-state index contributed by atoms with van der Waals surface area (Å²) in [6.07, 6.45) is 19.5. The second-order valence-corrected chi connectivity index (χ2v) is 8.36. The first kappa shape index (κ1) is 30.0. The van der Waals surface area contributed by atoms with E-state index in [1.165, 1.54) is 77.0 Å². The van der Waals surface area contributed by atoms with Gasteiger partial charge in [0.15, 0.2) is 0 Å². The van der Waals surface area contributed by atoms with Gasteiger partial charge in [-0.15, -0.1) is 0 Å². The van der Waals surface area contributed by atoms with Gasteiger partial charge >= 0.3 is 10.4 Å². The Kier molecular flexibility index (Phi) is 26.6. The van der Waals surface area contributed by atoms with Gasteiger partial charge in [-0.05, 0) is 12.8 Å². The molecule has 7 heteroatoms. The lowest BCUT2D eigenvalue weighted by Crippen LogP contribution is -2.13. The van der Waals surface area contributed by atoms with E-state index in [-0.39, 0.29) is 26.4 Å². The highest BCUT2D eigenvalue weighted by Crippen LogP contribution is 2.12. The molecule has 0 aliphatic rings. The van der Waals surface area contributed by atoms with E-state index in [1.807, 2.05) is 0 Å². The van der Waals surface area contributed by atoms with Crippen LogP contribution < -0.4 is 0 Å². The van der Waals surface area contributed by atoms with Crippen LogP contribution in [0, 0.1) is 0 Å². The molecule has 0 aliphatic carbocycles. The fourth-order valence-corrected chi connectivity index (χ4v) is 3.37. The van der Waals surface area contributed by atoms with Crippen molar-refractivity contribution >= 4 is 10.4 Å². The molecule has 0 fully saturated rings. The van der Waals surface area contributed by atoms with Crippen LogP contribution in [0.4, 0.5) is 0 Å². The summed E-state index contributed by atoms with van der Waals surface area (Å²) in [5.41, 5.74) is 0. The van der Waals surface area contributed by atoms with Gasteiger partial charge < -0.3 is 5.11 Å². The van der Waals surface area contributed by atoms with Crippen LogP contribution in [0.1, 0.15) is 110 Å². The van der Waals surface area contributed by atoms with Crippen molar-refractivity contribution in [3.63, 3.8) is 0 Å². The zero-order valence-electron chi connectivity index (χ0n) is 18.3. The minimum Gasteiger partial charge on any atom is -0.394 e. The summed E-state index contributed by atoms with van der Waals surface area (Å²) in [4.78, 5) is 0. The van der Waals surface area contributed by atoms with Gasteiger partial charge in [0, 0.05) is 0 Å². The minimum absolute atomic E-state index is 0.105. The average Bonchev–Trinajstić information content (AvgIpc) is 2.69. The third kappa shape index (κ3) is 28.0. The molecule has 171 valence electrons. The second-order valence-electron chi connectivity index (χ2n) is 7.08. The fourth-order valence-electron chi connectivity index (χ4n) is 2.66. The summed E-state index contributed by atoms with van der Waals surface area (Å²) in [5, 5.41) is 18.4. The zero-order valence-corrected chi connectivity index (χ0v) is 19.1. The first-order valence-corrected chi connectivity index (χ1v) is 12.6. The van der Waals surface area contributed by atoms with Crippen molar-refractivity contribution in [1.29, 1.82) is 0 Å². The molecule has 0 heterocycles. The monoisotopic (exact) mass is 425 g/mol. The number of aliphatic hydroxyl groups excluding tert-OH is 1. The molecular weight excluding hydrogens is 380 g/mol. The van der Waals surface area contributed by atoms with Crippen molar-refractivity contribution in [2.24, 2.45) is 0 Å². The predicted molar refractivity (Wildman–Crippen MR) is 114 cm³/mol. The van der Waals surface area contributed by atoms with Crippen LogP contribution >= 0.6 is 0 Å². The Morgan fingerprint density at radius 3 is 1.36 bits per heavy atom. The molecule has 0 bridgehead atoms. The van der Waals surface area contributed by atoms with Crippen LogP contribution in [-0.4, -0.2) is 40.0 Å². The molecule has 28 heavy (non-hydrogen) atoms. The maximum atomic E-state index is 10.6. The Hall–Kier alpha value is -0.210. The van der Waals surface area contributed by atoms with E-state index >= 15 is 0 Å². The molecule has 1 N–H and O–H groups in total. The van der Waals surface area contributed by atoms with Gasteiger partial charge in [0.2, 0.25) is 0 Å². The van der Waals surface area contributed by atoms with E-state index in [4.69, 9.17) is 5.11 Å². The average molecular weight is 426 g/mol. The Morgan fingerprint density at radius 1 is 0.607 bits per heavy atom. The maximum Gasteiger partial charge on any atom is 0.399 e. The molecular formula is C21H45O6S. The first-order chi connectivity index (χ1) is 13.5. The standard InChI is InChI=1S/C16H33O.C5H12O5S/c1-2-3-4-5-6-7-8-9-10-11-12-13-14-15-16-17;1-2-4-9-11(7,8)10-5-3-6/h2-16H2,1H3;6H,2-5H2,1H3. The highest BCUT2D eigenvalue weighted by atomic mass is 32.3. The fraction of sp³-hybridized carbons (Fsp3) is 1.00. The highest BCUT2D eigenvalue weighted by molar-refractivity contribution is 7.81. The molecule has 0 aromatic rings. The Morgan fingerprint density at radius 2 is 1.00 bits per heavy atom. The topological polar surface area (TPSA) is 92.7 Å². The molecule has 1 radical (unpaired) electrons. The summed E-state index contributed by atoms with van der Waals surface area (Å²) in [7, 11) is -3.87. The van der Waals surface area contributed by atoms with E-state index in [0.717, 1.165) is 12.8 Å². The third-order valence-electron chi connectivity index (χ3n) is 4.25. The molecule has 6 nitrogen and oxygen atoms in total. The van der Waals surface area contributed by atoms with Crippen LogP contribution in [-0.2, 0) is 23.9 Å². The summed E-state index contributed by atoms with van der Waals surface area (Å²) in [6.45, 7) is 3.69. The van der Waals surface area contributed by atoms with E-state index < -0.39 is 10.4 Å². The summed E-state index contributed by atoms with van der Waals surface area (Å²) in [6, 6.07) is 0. The predicted octanol–water partition coefficient (Wildman–Crippen LogP) is 5.56. The van der Waals surface area contributed by atoms with Gasteiger partial charge in [-0.3, -0.25) is 0 Å². The number of aliphatic hydroxyl groups is 1. The van der Waals surface area contributed by atoms with E-state index in [1.54, 1.807) is 6.92 Å². The molecule has 0 rings (SSSR count). The van der Waals surface area contributed by atoms with Gasteiger partial charge in [0.1, 0.15) is 0 Å². The quantitative estimate of drug-likeness (QED) is 0.258. The van der Waals surface area contributed by atoms with Gasteiger partial charge in [-0.2, -0.15) is 8.42 Å². The van der Waals surface area contributed by atoms with Crippen LogP contribution in [0.15, 0.2) is 0 Å². The van der Waals surface area contributed by atoms with Gasteiger partial charge in [0.25, 0.3) is 0 Å². The molecule has 0 aromatic heterocycles. The molecule has 0 aromatic carbocycles. The molecule has 0 saturated heterocycles. The SMILES string of the molecule is CCCCCCCCCCCCCCCC[O].CCCOS(=O)(=O)OCCO. The van der Waals surface area contributed by atoms with Gasteiger partial charge in [0.05, 0.1) is 26.4 Å². The minimum atomic E-state index is -3.87. The highest BCUT2D eigenvalue weighted by Gasteiger charge is 2.09. The van der Waals surface area contributed by atoms with E-state index in [9.17, 15) is 13.5 Å². The summed E-state index contributed by atoms with van der Waals surface area (Å²) < 4.78 is 29.7. The Balaban J connectivity index is 0. The molecule has 0 amide bonds. The van der Waals surface area contributed by atoms with Gasteiger partial charge in [-0.1, -0.05) is 97.3 Å². The van der Waals surface area contributed by atoms with Crippen LogP contribution in [0.25, 0.3) is 0 Å². The van der Waals surface area contributed by atoms with Crippen molar-refractivity contribution in [3.8, 4) is 0 Å². The number of rotatable bonds is 20. The van der Waals surface area contributed by atoms with Crippen molar-refractivity contribution in [3.05, 3.63) is 0 Å². The Labute approximate surface area is 174 Å². The number of unbranched alkanes of at least 4 members (excludes halogenated alkanes) is 13. The maximum absolute atomic E-state index is 10.6. The summed E-state index contributed by atoms with van der Waals surface area (Å²) >= 11 is 0. The smallest absolute Gasteiger partial charge is 0.394 e. The first-order valence-electron chi connectivity index (χ1n) is 11.3. The van der Waals surface area contributed by atoms with Crippen LogP contribution in [0.3, 0.4) is 0 Å². The van der Waals surface area contributed by atoms with Crippen molar-refractivity contribution in [2.75, 3.05) is 26.4 Å². The van der Waals surface area contributed by atoms with E-state index in [0.29, 0.717) is 6.42 Å². The molecule has 0 aliphatic heterocycles. The zero-order chi connectivity index (χ0) is 21.3. The molecule has 0 atom stereocenters.